The third-order valence-corrected chi connectivity index (χ3v) is 1.15. The number of aliphatic hydroxyl groups excluding tert-OH is 1. The molecule has 0 saturated heterocycles. The van der Waals surface area contributed by atoms with Crippen molar-refractivity contribution in [1.82, 2.24) is 5.64 Å². The second-order valence-corrected chi connectivity index (χ2v) is 2.07. The lowest BCUT2D eigenvalue weighted by molar-refractivity contribution is -0.114. The first-order valence-corrected chi connectivity index (χ1v) is 3.63. The molecule has 4 heteroatoms. The summed E-state index contributed by atoms with van der Waals surface area (Å²) < 4.78 is 0. The van der Waals surface area contributed by atoms with E-state index in [1.54, 1.807) is 12.1 Å². The average Bonchev–Trinajstić information content (AvgIpc) is 2.14. The molecule has 0 fully saturated rings. The number of aliphatic hydroxyl groups is 1. The van der Waals surface area contributed by atoms with Crippen molar-refractivity contribution in [2.75, 3.05) is 13.2 Å². The molecule has 0 amide bonds. The fourth-order valence-corrected chi connectivity index (χ4v) is 0.653. The second-order valence-electron chi connectivity index (χ2n) is 2.07. The van der Waals surface area contributed by atoms with Gasteiger partial charge in [-0.1, -0.05) is 18.2 Å². The van der Waals surface area contributed by atoms with Gasteiger partial charge < -0.3 is 9.94 Å². The molecule has 2 N–H and O–H groups in total. The number of benzene rings is 1. The third-order valence-electron chi connectivity index (χ3n) is 1.15. The first kappa shape index (κ1) is 8.99. The summed E-state index contributed by atoms with van der Waals surface area (Å²) in [6.07, 6.45) is 0. The zero-order valence-electron chi connectivity index (χ0n) is 6.56. The highest BCUT2D eigenvalue weighted by Crippen LogP contribution is 2.05. The normalized spacial score (nSPS) is 9.75. The summed E-state index contributed by atoms with van der Waals surface area (Å²) in [6, 6.07) is 9.16. The van der Waals surface area contributed by atoms with Gasteiger partial charge in [-0.3, -0.25) is 4.84 Å². The van der Waals surface area contributed by atoms with E-state index >= 15 is 0 Å². The van der Waals surface area contributed by atoms with Crippen molar-refractivity contribution < 1.29 is 14.8 Å². The third kappa shape index (κ3) is 3.34. The second kappa shape index (κ2) is 5.54. The molecule has 0 radical (unpaired) electrons. The van der Waals surface area contributed by atoms with Gasteiger partial charge in [0, 0.05) is 0 Å². The molecule has 0 bridgehead atoms. The molecule has 1 aromatic carbocycles. The molecule has 0 aromatic heterocycles. The molecule has 0 spiro atoms. The number of hydrogen-bond acceptors (Lipinski definition) is 4. The molecule has 12 heavy (non-hydrogen) atoms. The van der Waals surface area contributed by atoms with Crippen LogP contribution in [0.25, 0.3) is 0 Å². The lowest BCUT2D eigenvalue weighted by Gasteiger charge is -2.04. The van der Waals surface area contributed by atoms with Crippen LogP contribution < -0.4 is 10.5 Å². The van der Waals surface area contributed by atoms with Gasteiger partial charge >= 0.3 is 0 Å². The van der Waals surface area contributed by atoms with Crippen molar-refractivity contribution in [3.63, 3.8) is 0 Å². The summed E-state index contributed by atoms with van der Waals surface area (Å²) in [5.74, 6) is 0.662. The molecule has 0 aliphatic carbocycles. The standard InChI is InChI=1S/C8H11NO3/c10-6-7-11-9-12-8-4-2-1-3-5-8/h1-5,9-10H,6-7H2. The molecule has 0 heterocycles. The highest BCUT2D eigenvalue weighted by Gasteiger charge is 1.89. The molecule has 0 aliphatic heterocycles. The predicted octanol–water partition coefficient (Wildman–Crippen LogP) is 0.494. The Balaban J connectivity index is 2.16. The summed E-state index contributed by atoms with van der Waals surface area (Å²) in [6.45, 7) is 0.165. The molecule has 66 valence electrons. The van der Waals surface area contributed by atoms with Crippen LogP contribution in [0.2, 0.25) is 0 Å². The maximum absolute atomic E-state index is 8.34. The zero-order valence-corrected chi connectivity index (χ0v) is 6.56. The van der Waals surface area contributed by atoms with Crippen molar-refractivity contribution in [1.29, 1.82) is 0 Å². The van der Waals surface area contributed by atoms with Crippen LogP contribution in [0.3, 0.4) is 0 Å². The topological polar surface area (TPSA) is 50.7 Å². The Labute approximate surface area is 70.6 Å². The lowest BCUT2D eigenvalue weighted by atomic mass is 10.3. The predicted molar refractivity (Wildman–Crippen MR) is 43.2 cm³/mol. The van der Waals surface area contributed by atoms with Crippen LogP contribution in [-0.2, 0) is 4.84 Å². The molecular formula is C8H11NO3. The molecule has 4 nitrogen and oxygen atoms in total. The van der Waals surface area contributed by atoms with Crippen LogP contribution in [0.1, 0.15) is 0 Å². The van der Waals surface area contributed by atoms with E-state index in [2.05, 4.69) is 10.5 Å². The van der Waals surface area contributed by atoms with E-state index in [9.17, 15) is 0 Å². The van der Waals surface area contributed by atoms with Crippen molar-refractivity contribution in [2.45, 2.75) is 0 Å². The first-order valence-electron chi connectivity index (χ1n) is 3.63. The van der Waals surface area contributed by atoms with Gasteiger partial charge in [0.1, 0.15) is 5.75 Å². The van der Waals surface area contributed by atoms with Gasteiger partial charge in [-0.05, 0) is 17.8 Å². The minimum atomic E-state index is -0.0366. The lowest BCUT2D eigenvalue weighted by Crippen LogP contribution is -2.20. The van der Waals surface area contributed by atoms with E-state index in [1.165, 1.54) is 0 Å². The highest BCUT2D eigenvalue weighted by atomic mass is 16.9. The van der Waals surface area contributed by atoms with Crippen molar-refractivity contribution in [3.05, 3.63) is 30.3 Å². The van der Waals surface area contributed by atoms with Crippen LogP contribution in [-0.4, -0.2) is 18.3 Å². The molecule has 0 saturated carbocycles. The summed E-state index contributed by atoms with van der Waals surface area (Å²) >= 11 is 0. The molecule has 0 atom stereocenters. The Morgan fingerprint density at radius 3 is 2.67 bits per heavy atom. The van der Waals surface area contributed by atoms with Crippen molar-refractivity contribution in [3.8, 4) is 5.75 Å². The monoisotopic (exact) mass is 169 g/mol. The van der Waals surface area contributed by atoms with Gasteiger partial charge in [0.05, 0.1) is 13.2 Å². The Kier molecular flexibility index (Phi) is 4.15. The van der Waals surface area contributed by atoms with Crippen LogP contribution in [0.15, 0.2) is 30.3 Å². The first-order chi connectivity index (χ1) is 5.93. The Morgan fingerprint density at radius 1 is 1.25 bits per heavy atom. The van der Waals surface area contributed by atoms with Crippen LogP contribution in [0.4, 0.5) is 0 Å². The maximum atomic E-state index is 8.34. The van der Waals surface area contributed by atoms with Gasteiger partial charge in [-0.2, -0.15) is 0 Å². The summed E-state index contributed by atoms with van der Waals surface area (Å²) in [4.78, 5) is 9.59. The highest BCUT2D eigenvalue weighted by molar-refractivity contribution is 5.20. The van der Waals surface area contributed by atoms with Gasteiger partial charge in [0.25, 0.3) is 0 Å². The Bertz CT molecular complexity index is 203. The van der Waals surface area contributed by atoms with Crippen LogP contribution in [0, 0.1) is 0 Å². The van der Waals surface area contributed by atoms with Gasteiger partial charge in [-0.25, -0.2) is 0 Å². The van der Waals surface area contributed by atoms with E-state index in [0.717, 1.165) is 0 Å². The quantitative estimate of drug-likeness (QED) is 0.497. The minimum absolute atomic E-state index is 0.0366. The molecule has 1 aromatic rings. The molecular weight excluding hydrogens is 158 g/mol. The van der Waals surface area contributed by atoms with Crippen molar-refractivity contribution in [2.24, 2.45) is 0 Å². The molecule has 0 aliphatic rings. The van der Waals surface area contributed by atoms with Crippen molar-refractivity contribution >= 4 is 0 Å². The summed E-state index contributed by atoms with van der Waals surface area (Å²) in [5, 5.41) is 8.34. The van der Waals surface area contributed by atoms with Crippen LogP contribution in [0.5, 0.6) is 5.75 Å². The Morgan fingerprint density at radius 2 is 2.00 bits per heavy atom. The Hall–Kier alpha value is -1.10. The number of nitrogens with one attached hydrogen (secondary N) is 1. The average molecular weight is 169 g/mol. The number of para-hydroxylation sites is 1. The fraction of sp³-hybridized carbons (Fsp3) is 0.250. The van der Waals surface area contributed by atoms with E-state index in [-0.39, 0.29) is 13.2 Å². The smallest absolute Gasteiger partial charge is 0.150 e. The maximum Gasteiger partial charge on any atom is 0.150 e. The van der Waals surface area contributed by atoms with E-state index in [4.69, 9.17) is 9.94 Å². The SMILES string of the molecule is OCCONOc1ccccc1. The fourth-order valence-electron chi connectivity index (χ4n) is 0.653. The minimum Gasteiger partial charge on any atom is -0.394 e. The van der Waals surface area contributed by atoms with Gasteiger partial charge in [0.2, 0.25) is 0 Å². The molecule has 0 unspecified atom stereocenters. The van der Waals surface area contributed by atoms with E-state index < -0.39 is 0 Å². The van der Waals surface area contributed by atoms with Gasteiger partial charge in [0.15, 0.2) is 0 Å². The largest absolute Gasteiger partial charge is 0.394 e. The number of hydrogen-bond donors (Lipinski definition) is 2. The van der Waals surface area contributed by atoms with Gasteiger partial charge in [-0.15, -0.1) is 0 Å². The zero-order chi connectivity index (χ0) is 8.65. The van der Waals surface area contributed by atoms with E-state index in [1.807, 2.05) is 18.2 Å². The summed E-state index contributed by atoms with van der Waals surface area (Å²) in [7, 11) is 0. The van der Waals surface area contributed by atoms with Crippen LogP contribution >= 0.6 is 0 Å². The van der Waals surface area contributed by atoms with E-state index in [0.29, 0.717) is 5.75 Å². The molecule has 1 rings (SSSR count). The number of rotatable bonds is 5. The summed E-state index contributed by atoms with van der Waals surface area (Å²) in [5.41, 5.74) is 2.24.